The van der Waals surface area contributed by atoms with Crippen molar-refractivity contribution in [2.24, 2.45) is 10.8 Å². The number of aryl methyl sites for hydroxylation is 1. The number of nitrogens with one attached hydrogen (secondary N) is 1. The zero-order valence-electron chi connectivity index (χ0n) is 14.5. The Bertz CT molecular complexity index is 488. The fraction of sp³-hybridized carbons (Fsp3) is 0.684. The number of hydrogen-bond acceptors (Lipinski definition) is 2. The van der Waals surface area contributed by atoms with E-state index in [0.717, 1.165) is 11.1 Å². The highest BCUT2D eigenvalue weighted by Crippen LogP contribution is 2.46. The Balaban J connectivity index is 2.10. The summed E-state index contributed by atoms with van der Waals surface area (Å²) >= 11 is 0. The summed E-state index contributed by atoms with van der Waals surface area (Å²) in [6, 6.07) is 6.66. The molecule has 0 saturated heterocycles. The van der Waals surface area contributed by atoms with E-state index in [2.05, 4.69) is 46.0 Å². The standard InChI is InChI=1S/C19H31NO/c1-13-7-8-16(17(21)9-13)14(2)20-15-10-18(3,4)12-19(5,6)11-15/h7-9,14-15,20-21H,10-12H2,1-6H3. The molecule has 1 unspecified atom stereocenters. The normalized spacial score (nSPS) is 23.0. The lowest BCUT2D eigenvalue weighted by Gasteiger charge is -2.46. The molecular formula is C19H31NO. The average molecular weight is 289 g/mol. The van der Waals surface area contributed by atoms with E-state index >= 15 is 0 Å². The van der Waals surface area contributed by atoms with Crippen molar-refractivity contribution in [3.63, 3.8) is 0 Å². The van der Waals surface area contributed by atoms with Crippen LogP contribution in [0.25, 0.3) is 0 Å². The third-order valence-electron chi connectivity index (χ3n) is 4.69. The molecule has 0 radical (unpaired) electrons. The van der Waals surface area contributed by atoms with Gasteiger partial charge in [0, 0.05) is 17.6 Å². The van der Waals surface area contributed by atoms with Crippen molar-refractivity contribution in [1.82, 2.24) is 5.32 Å². The topological polar surface area (TPSA) is 32.3 Å². The van der Waals surface area contributed by atoms with Crippen LogP contribution in [0.1, 0.15) is 71.0 Å². The van der Waals surface area contributed by atoms with Crippen molar-refractivity contribution in [3.8, 4) is 5.75 Å². The smallest absolute Gasteiger partial charge is 0.120 e. The van der Waals surface area contributed by atoms with Gasteiger partial charge < -0.3 is 10.4 Å². The Kier molecular flexibility index (Phi) is 4.39. The van der Waals surface area contributed by atoms with Gasteiger partial charge in [0.2, 0.25) is 0 Å². The number of aromatic hydroxyl groups is 1. The van der Waals surface area contributed by atoms with Gasteiger partial charge in [0.15, 0.2) is 0 Å². The fourth-order valence-electron chi connectivity index (χ4n) is 4.43. The molecule has 2 N–H and O–H groups in total. The summed E-state index contributed by atoms with van der Waals surface area (Å²) in [5, 5.41) is 13.9. The van der Waals surface area contributed by atoms with Crippen molar-refractivity contribution in [2.45, 2.75) is 72.9 Å². The lowest BCUT2D eigenvalue weighted by Crippen LogP contribution is -2.44. The summed E-state index contributed by atoms with van der Waals surface area (Å²) in [5.41, 5.74) is 2.87. The first-order chi connectivity index (χ1) is 9.58. The van der Waals surface area contributed by atoms with Crippen LogP contribution < -0.4 is 5.32 Å². The predicted octanol–water partition coefficient (Wildman–Crippen LogP) is 4.96. The second-order valence-corrected chi connectivity index (χ2v) is 8.56. The Hall–Kier alpha value is -1.02. The minimum Gasteiger partial charge on any atom is -0.508 e. The third kappa shape index (κ3) is 4.23. The van der Waals surface area contributed by atoms with Crippen LogP contribution >= 0.6 is 0 Å². The Morgan fingerprint density at radius 3 is 2.24 bits per heavy atom. The molecule has 21 heavy (non-hydrogen) atoms. The van der Waals surface area contributed by atoms with Crippen molar-refractivity contribution in [1.29, 1.82) is 0 Å². The minimum atomic E-state index is 0.181. The van der Waals surface area contributed by atoms with Crippen LogP contribution in [0.2, 0.25) is 0 Å². The van der Waals surface area contributed by atoms with Gasteiger partial charge >= 0.3 is 0 Å². The first kappa shape index (κ1) is 16.4. The number of phenolic OH excluding ortho intramolecular Hbond substituents is 1. The molecule has 0 aliphatic heterocycles. The number of rotatable bonds is 3. The minimum absolute atomic E-state index is 0.181. The van der Waals surface area contributed by atoms with E-state index in [4.69, 9.17) is 0 Å². The molecule has 0 aromatic heterocycles. The van der Waals surface area contributed by atoms with Gasteiger partial charge in [-0.2, -0.15) is 0 Å². The van der Waals surface area contributed by atoms with Gasteiger partial charge in [0.1, 0.15) is 5.75 Å². The maximum Gasteiger partial charge on any atom is 0.120 e. The molecule has 0 heterocycles. The molecule has 1 atom stereocenters. The Morgan fingerprint density at radius 2 is 1.71 bits per heavy atom. The van der Waals surface area contributed by atoms with Crippen LogP contribution in [-0.2, 0) is 0 Å². The van der Waals surface area contributed by atoms with Crippen LogP contribution in [0.15, 0.2) is 18.2 Å². The van der Waals surface area contributed by atoms with E-state index in [0.29, 0.717) is 22.6 Å². The molecule has 2 heteroatoms. The third-order valence-corrected chi connectivity index (χ3v) is 4.69. The van der Waals surface area contributed by atoms with E-state index in [1.807, 2.05) is 19.1 Å². The molecule has 0 amide bonds. The van der Waals surface area contributed by atoms with Crippen LogP contribution in [-0.4, -0.2) is 11.1 Å². The molecule has 0 spiro atoms. The average Bonchev–Trinajstić information content (AvgIpc) is 2.23. The highest BCUT2D eigenvalue weighted by molar-refractivity contribution is 5.37. The number of phenols is 1. The molecule has 1 aliphatic rings. The number of benzene rings is 1. The second kappa shape index (κ2) is 5.64. The summed E-state index contributed by atoms with van der Waals surface area (Å²) < 4.78 is 0. The first-order valence-electron chi connectivity index (χ1n) is 8.14. The monoisotopic (exact) mass is 289 g/mol. The second-order valence-electron chi connectivity index (χ2n) is 8.56. The Labute approximate surface area is 130 Å². The maximum atomic E-state index is 10.2. The van der Waals surface area contributed by atoms with E-state index < -0.39 is 0 Å². The van der Waals surface area contributed by atoms with Crippen LogP contribution in [0, 0.1) is 17.8 Å². The SMILES string of the molecule is Cc1ccc(C(C)NC2CC(C)(C)CC(C)(C)C2)c(O)c1. The molecule has 1 aromatic rings. The molecule has 1 aromatic carbocycles. The molecule has 1 saturated carbocycles. The summed E-state index contributed by atoms with van der Waals surface area (Å²) in [6.45, 7) is 13.6. The molecule has 1 fully saturated rings. The van der Waals surface area contributed by atoms with E-state index in [-0.39, 0.29) is 6.04 Å². The molecule has 0 bridgehead atoms. The molecule has 2 rings (SSSR count). The van der Waals surface area contributed by atoms with Gasteiger partial charge in [0.05, 0.1) is 0 Å². The summed E-state index contributed by atoms with van der Waals surface area (Å²) in [7, 11) is 0. The van der Waals surface area contributed by atoms with E-state index in [1.54, 1.807) is 0 Å². The van der Waals surface area contributed by atoms with Crippen molar-refractivity contribution in [3.05, 3.63) is 29.3 Å². The lowest BCUT2D eigenvalue weighted by atomic mass is 9.63. The van der Waals surface area contributed by atoms with Gasteiger partial charge in [-0.15, -0.1) is 0 Å². The summed E-state index contributed by atoms with van der Waals surface area (Å²) in [5.74, 6) is 0.407. The van der Waals surface area contributed by atoms with Crippen LogP contribution in [0.3, 0.4) is 0 Å². The van der Waals surface area contributed by atoms with Gasteiger partial charge in [-0.25, -0.2) is 0 Å². The van der Waals surface area contributed by atoms with Crippen molar-refractivity contribution < 1.29 is 5.11 Å². The highest BCUT2D eigenvalue weighted by atomic mass is 16.3. The Morgan fingerprint density at radius 1 is 1.14 bits per heavy atom. The van der Waals surface area contributed by atoms with E-state index in [1.165, 1.54) is 19.3 Å². The van der Waals surface area contributed by atoms with Crippen LogP contribution in [0.5, 0.6) is 5.75 Å². The highest BCUT2D eigenvalue weighted by Gasteiger charge is 2.38. The van der Waals surface area contributed by atoms with Crippen molar-refractivity contribution in [2.75, 3.05) is 0 Å². The van der Waals surface area contributed by atoms with Crippen LogP contribution in [0.4, 0.5) is 0 Å². The largest absolute Gasteiger partial charge is 0.508 e. The first-order valence-corrected chi connectivity index (χ1v) is 8.14. The zero-order valence-corrected chi connectivity index (χ0v) is 14.5. The van der Waals surface area contributed by atoms with Gasteiger partial charge in [-0.05, 0) is 55.6 Å². The quantitative estimate of drug-likeness (QED) is 0.824. The summed E-state index contributed by atoms with van der Waals surface area (Å²) in [4.78, 5) is 0. The lowest BCUT2D eigenvalue weighted by molar-refractivity contribution is 0.0810. The van der Waals surface area contributed by atoms with Gasteiger partial charge in [-0.1, -0.05) is 39.8 Å². The molecule has 1 aliphatic carbocycles. The van der Waals surface area contributed by atoms with Gasteiger partial charge in [0.25, 0.3) is 0 Å². The number of hydrogen-bond donors (Lipinski definition) is 2. The predicted molar refractivity (Wildman–Crippen MR) is 89.6 cm³/mol. The zero-order chi connectivity index (χ0) is 15.8. The fourth-order valence-corrected chi connectivity index (χ4v) is 4.43. The van der Waals surface area contributed by atoms with Gasteiger partial charge in [-0.3, -0.25) is 0 Å². The molecule has 2 nitrogen and oxygen atoms in total. The molecular weight excluding hydrogens is 258 g/mol. The molecule has 118 valence electrons. The van der Waals surface area contributed by atoms with Crippen molar-refractivity contribution >= 4 is 0 Å². The van der Waals surface area contributed by atoms with E-state index in [9.17, 15) is 5.11 Å². The summed E-state index contributed by atoms with van der Waals surface area (Å²) in [6.07, 6.45) is 3.68. The maximum absolute atomic E-state index is 10.2.